The number of nitrogens with zero attached hydrogens (tertiary/aromatic N) is 3. The summed E-state index contributed by atoms with van der Waals surface area (Å²) in [5, 5.41) is 0. The molecule has 0 amide bonds. The van der Waals surface area contributed by atoms with E-state index in [1.165, 1.54) is 25.7 Å². The normalized spacial score (nSPS) is 16.2. The van der Waals surface area contributed by atoms with Crippen LogP contribution in [0.5, 0.6) is 0 Å². The molecule has 94 valence electrons. The SMILES string of the molecule is CN(CC1CCCC1)c1nc(NN)ncc1Br. The van der Waals surface area contributed by atoms with E-state index in [0.717, 1.165) is 22.8 Å². The van der Waals surface area contributed by atoms with Gasteiger partial charge >= 0.3 is 0 Å². The Labute approximate surface area is 110 Å². The maximum Gasteiger partial charge on any atom is 0.239 e. The Morgan fingerprint density at radius 2 is 2.24 bits per heavy atom. The highest BCUT2D eigenvalue weighted by molar-refractivity contribution is 9.10. The van der Waals surface area contributed by atoms with E-state index in [4.69, 9.17) is 5.84 Å². The van der Waals surface area contributed by atoms with Crippen LogP contribution >= 0.6 is 15.9 Å². The van der Waals surface area contributed by atoms with Gasteiger partial charge in [0, 0.05) is 19.8 Å². The highest BCUT2D eigenvalue weighted by atomic mass is 79.9. The van der Waals surface area contributed by atoms with Crippen LogP contribution in [-0.4, -0.2) is 23.6 Å². The van der Waals surface area contributed by atoms with E-state index >= 15 is 0 Å². The predicted molar refractivity (Wildman–Crippen MR) is 72.8 cm³/mol. The van der Waals surface area contributed by atoms with Gasteiger partial charge < -0.3 is 4.90 Å². The van der Waals surface area contributed by atoms with E-state index in [0.29, 0.717) is 5.95 Å². The summed E-state index contributed by atoms with van der Waals surface area (Å²) in [6, 6.07) is 0. The zero-order valence-corrected chi connectivity index (χ0v) is 11.6. The monoisotopic (exact) mass is 299 g/mol. The van der Waals surface area contributed by atoms with E-state index < -0.39 is 0 Å². The molecule has 0 aliphatic heterocycles. The highest BCUT2D eigenvalue weighted by Gasteiger charge is 2.19. The van der Waals surface area contributed by atoms with Crippen LogP contribution in [0.4, 0.5) is 11.8 Å². The largest absolute Gasteiger partial charge is 0.358 e. The molecule has 1 fully saturated rings. The summed E-state index contributed by atoms with van der Waals surface area (Å²) >= 11 is 3.47. The minimum absolute atomic E-state index is 0.446. The lowest BCUT2D eigenvalue weighted by atomic mass is 10.1. The smallest absolute Gasteiger partial charge is 0.239 e. The van der Waals surface area contributed by atoms with Gasteiger partial charge in [-0.2, -0.15) is 4.98 Å². The second-order valence-electron chi connectivity index (χ2n) is 4.54. The van der Waals surface area contributed by atoms with Gasteiger partial charge in [0.05, 0.1) is 4.47 Å². The number of nitrogens with one attached hydrogen (secondary N) is 1. The van der Waals surface area contributed by atoms with Crippen LogP contribution in [0.2, 0.25) is 0 Å². The number of halogens is 1. The minimum atomic E-state index is 0.446. The third-order valence-corrected chi connectivity index (χ3v) is 3.78. The molecule has 1 aromatic heterocycles. The first-order valence-electron chi connectivity index (χ1n) is 5.91. The van der Waals surface area contributed by atoms with Crippen LogP contribution in [0.3, 0.4) is 0 Å². The van der Waals surface area contributed by atoms with Gasteiger partial charge in [0.15, 0.2) is 0 Å². The van der Waals surface area contributed by atoms with Crippen molar-refractivity contribution in [3.63, 3.8) is 0 Å². The van der Waals surface area contributed by atoms with Crippen LogP contribution in [0.15, 0.2) is 10.7 Å². The number of hydrogen-bond acceptors (Lipinski definition) is 5. The number of hydrogen-bond donors (Lipinski definition) is 2. The van der Waals surface area contributed by atoms with Gasteiger partial charge in [-0.25, -0.2) is 10.8 Å². The van der Waals surface area contributed by atoms with Crippen molar-refractivity contribution in [3.05, 3.63) is 10.7 Å². The fourth-order valence-electron chi connectivity index (χ4n) is 2.36. The number of anilines is 2. The summed E-state index contributed by atoms with van der Waals surface area (Å²) in [5.41, 5.74) is 2.47. The molecule has 1 aliphatic carbocycles. The standard InChI is InChI=1S/C11H18BrN5/c1-17(7-8-4-2-3-5-8)10-9(12)6-14-11(15-10)16-13/h6,8H,2-5,7,13H2,1H3,(H,14,15,16). The molecule has 0 radical (unpaired) electrons. The van der Waals surface area contributed by atoms with Crippen LogP contribution in [0, 0.1) is 5.92 Å². The topological polar surface area (TPSA) is 67.1 Å². The summed E-state index contributed by atoms with van der Waals surface area (Å²) in [6.07, 6.45) is 7.10. The number of nitrogens with two attached hydrogens (primary N) is 1. The highest BCUT2D eigenvalue weighted by Crippen LogP contribution is 2.29. The number of nitrogen functional groups attached to an aromatic ring is 1. The fraction of sp³-hybridized carbons (Fsp3) is 0.636. The first-order valence-corrected chi connectivity index (χ1v) is 6.70. The molecule has 6 heteroatoms. The lowest BCUT2D eigenvalue weighted by molar-refractivity contribution is 0.544. The Morgan fingerprint density at radius 1 is 1.53 bits per heavy atom. The predicted octanol–water partition coefficient (Wildman–Crippen LogP) is 2.15. The molecule has 1 aromatic rings. The van der Waals surface area contributed by atoms with E-state index in [-0.39, 0.29) is 0 Å². The quantitative estimate of drug-likeness (QED) is 0.659. The van der Waals surface area contributed by atoms with Crippen LogP contribution in [0.25, 0.3) is 0 Å². The molecule has 17 heavy (non-hydrogen) atoms. The number of rotatable bonds is 4. The second kappa shape index (κ2) is 5.64. The second-order valence-corrected chi connectivity index (χ2v) is 5.39. The zero-order valence-electron chi connectivity index (χ0n) is 9.99. The van der Waals surface area contributed by atoms with Crippen molar-refractivity contribution in [1.82, 2.24) is 9.97 Å². The van der Waals surface area contributed by atoms with E-state index in [9.17, 15) is 0 Å². The molecule has 2 rings (SSSR count). The summed E-state index contributed by atoms with van der Waals surface area (Å²) < 4.78 is 0.900. The van der Waals surface area contributed by atoms with E-state index in [1.54, 1.807) is 6.20 Å². The average Bonchev–Trinajstić information content (AvgIpc) is 2.82. The molecular formula is C11H18BrN5. The summed E-state index contributed by atoms with van der Waals surface area (Å²) in [7, 11) is 2.06. The van der Waals surface area contributed by atoms with Gasteiger partial charge in [-0.1, -0.05) is 12.8 Å². The van der Waals surface area contributed by atoms with Crippen molar-refractivity contribution < 1.29 is 0 Å². The zero-order chi connectivity index (χ0) is 12.3. The van der Waals surface area contributed by atoms with Gasteiger partial charge in [0.1, 0.15) is 5.82 Å². The molecule has 1 heterocycles. The summed E-state index contributed by atoms with van der Waals surface area (Å²) in [6.45, 7) is 1.04. The number of aromatic nitrogens is 2. The molecule has 5 nitrogen and oxygen atoms in total. The van der Waals surface area contributed by atoms with Gasteiger partial charge in [-0.3, -0.25) is 5.43 Å². The summed E-state index contributed by atoms with van der Waals surface area (Å²) in [4.78, 5) is 10.6. The van der Waals surface area contributed by atoms with Gasteiger partial charge in [-0.05, 0) is 34.7 Å². The first kappa shape index (κ1) is 12.6. The Hall–Kier alpha value is -0.880. The molecule has 0 aromatic carbocycles. The Kier molecular flexibility index (Phi) is 4.17. The van der Waals surface area contributed by atoms with Crippen molar-refractivity contribution in [2.24, 2.45) is 11.8 Å². The van der Waals surface area contributed by atoms with Crippen molar-refractivity contribution >= 4 is 27.7 Å². The molecule has 0 atom stereocenters. The van der Waals surface area contributed by atoms with Crippen LogP contribution in [-0.2, 0) is 0 Å². The molecule has 1 aliphatic rings. The van der Waals surface area contributed by atoms with Crippen molar-refractivity contribution in [3.8, 4) is 0 Å². The minimum Gasteiger partial charge on any atom is -0.358 e. The Morgan fingerprint density at radius 3 is 2.88 bits per heavy atom. The summed E-state index contributed by atoms with van der Waals surface area (Å²) in [5.74, 6) is 7.45. The number of hydrazine groups is 1. The van der Waals surface area contributed by atoms with E-state index in [2.05, 4.69) is 43.3 Å². The first-order chi connectivity index (χ1) is 8.20. The van der Waals surface area contributed by atoms with Gasteiger partial charge in [-0.15, -0.1) is 0 Å². The fourth-order valence-corrected chi connectivity index (χ4v) is 2.86. The van der Waals surface area contributed by atoms with Crippen molar-refractivity contribution in [1.29, 1.82) is 0 Å². The lowest BCUT2D eigenvalue weighted by Gasteiger charge is -2.23. The van der Waals surface area contributed by atoms with E-state index in [1.807, 2.05) is 0 Å². The van der Waals surface area contributed by atoms with Crippen molar-refractivity contribution in [2.75, 3.05) is 23.9 Å². The molecular weight excluding hydrogens is 282 g/mol. The maximum atomic E-state index is 5.32. The van der Waals surface area contributed by atoms with Gasteiger partial charge in [0.25, 0.3) is 0 Å². The van der Waals surface area contributed by atoms with Gasteiger partial charge in [0.2, 0.25) is 5.95 Å². The van der Waals surface area contributed by atoms with Crippen LogP contribution in [0.1, 0.15) is 25.7 Å². The van der Waals surface area contributed by atoms with Crippen molar-refractivity contribution in [2.45, 2.75) is 25.7 Å². The lowest BCUT2D eigenvalue weighted by Crippen LogP contribution is -2.26. The third-order valence-electron chi connectivity index (χ3n) is 3.22. The van der Waals surface area contributed by atoms with Crippen LogP contribution < -0.4 is 16.2 Å². The Balaban J connectivity index is 2.08. The molecule has 0 spiro atoms. The molecule has 0 bridgehead atoms. The molecule has 3 N–H and O–H groups in total. The average molecular weight is 300 g/mol. The third kappa shape index (κ3) is 3.07. The molecule has 0 unspecified atom stereocenters. The maximum absolute atomic E-state index is 5.32. The molecule has 1 saturated carbocycles. The Bertz CT molecular complexity index is 378. The molecule has 0 saturated heterocycles.